The first kappa shape index (κ1) is 16.1. The van der Waals surface area contributed by atoms with Crippen LogP contribution in [0.5, 0.6) is 0 Å². The lowest BCUT2D eigenvalue weighted by Crippen LogP contribution is -2.24. The molecule has 0 amide bonds. The lowest BCUT2D eigenvalue weighted by atomic mass is 9.94. The highest BCUT2D eigenvalue weighted by atomic mass is 16.1. The molecule has 4 rings (SSSR count). The van der Waals surface area contributed by atoms with Crippen LogP contribution in [-0.4, -0.2) is 5.78 Å². The molecule has 2 aromatic rings. The van der Waals surface area contributed by atoms with Gasteiger partial charge in [0.05, 0.1) is 6.04 Å². The first-order chi connectivity index (χ1) is 12.0. The zero-order chi connectivity index (χ0) is 17.6. The van der Waals surface area contributed by atoms with Gasteiger partial charge in [-0.1, -0.05) is 74.5 Å². The van der Waals surface area contributed by atoms with Crippen LogP contribution < -0.4 is 5.32 Å². The van der Waals surface area contributed by atoms with Crippen molar-refractivity contribution in [3.05, 3.63) is 83.1 Å². The van der Waals surface area contributed by atoms with Crippen molar-refractivity contribution in [1.29, 1.82) is 0 Å². The minimum absolute atomic E-state index is 0.0589. The molecule has 25 heavy (non-hydrogen) atoms. The molecule has 2 aliphatic rings. The predicted octanol–water partition coefficient (Wildman–Crippen LogP) is 4.88. The van der Waals surface area contributed by atoms with Crippen LogP contribution in [0.15, 0.2) is 71.9 Å². The fraction of sp³-hybridized carbons (Fsp3) is 0.348. The van der Waals surface area contributed by atoms with Crippen LogP contribution in [0.25, 0.3) is 0 Å². The molecule has 0 heterocycles. The van der Waals surface area contributed by atoms with Gasteiger partial charge in [-0.3, -0.25) is 4.79 Å². The summed E-state index contributed by atoms with van der Waals surface area (Å²) < 4.78 is 0. The number of fused-ring (bicyclic) bond motifs is 1. The number of Topliss-reactive ketones (excluding diaryl/α,β-unsaturated/α-hetero) is 1. The number of rotatable bonds is 4. The summed E-state index contributed by atoms with van der Waals surface area (Å²) in [5.74, 6) is 1.30. The predicted molar refractivity (Wildman–Crippen MR) is 101 cm³/mol. The highest BCUT2D eigenvalue weighted by molar-refractivity contribution is 6.01. The number of benzene rings is 2. The maximum atomic E-state index is 12.5. The van der Waals surface area contributed by atoms with Crippen molar-refractivity contribution in [2.24, 2.45) is 17.3 Å². The topological polar surface area (TPSA) is 29.1 Å². The Bertz CT molecular complexity index is 780. The summed E-state index contributed by atoms with van der Waals surface area (Å²) in [7, 11) is 0. The van der Waals surface area contributed by atoms with E-state index < -0.39 is 0 Å². The number of ketones is 1. The van der Waals surface area contributed by atoms with E-state index in [1.54, 1.807) is 0 Å². The molecule has 0 radical (unpaired) electrons. The highest BCUT2D eigenvalue weighted by Crippen LogP contribution is 2.68. The maximum Gasteiger partial charge on any atom is 0.161 e. The zero-order valence-electron chi connectivity index (χ0n) is 15.1. The number of hydrogen-bond acceptors (Lipinski definition) is 2. The van der Waals surface area contributed by atoms with E-state index in [1.807, 2.05) is 12.1 Å². The van der Waals surface area contributed by atoms with E-state index in [2.05, 4.69) is 74.6 Å². The average Bonchev–Trinajstić information content (AvgIpc) is 2.96. The molecule has 0 saturated heterocycles. The molecule has 2 saturated carbocycles. The van der Waals surface area contributed by atoms with Gasteiger partial charge in [-0.15, -0.1) is 0 Å². The average molecular weight is 331 g/mol. The Morgan fingerprint density at radius 3 is 2.00 bits per heavy atom. The standard InChI is InChI=1S/C23H25NO/c1-15(20-19(25)14-18-21(20)23(18,2)3)24-22(16-10-6-4-7-11-16)17-12-8-5-9-13-17/h4-13,18,21-22,24H,14H2,1-3H3/t18-,21-/m1/s1. The smallest absolute Gasteiger partial charge is 0.161 e. The van der Waals surface area contributed by atoms with Gasteiger partial charge in [0, 0.05) is 17.7 Å². The summed E-state index contributed by atoms with van der Waals surface area (Å²) in [5.41, 5.74) is 4.78. The molecule has 2 nitrogen and oxygen atoms in total. The van der Waals surface area contributed by atoms with E-state index in [0.717, 1.165) is 11.3 Å². The molecule has 0 aliphatic heterocycles. The number of carbonyl (C=O) groups is 1. The minimum Gasteiger partial charge on any atom is -0.377 e. The second-order valence-corrected chi connectivity index (χ2v) is 7.97. The molecule has 128 valence electrons. The Morgan fingerprint density at radius 2 is 1.52 bits per heavy atom. The van der Waals surface area contributed by atoms with Crippen LogP contribution in [0, 0.1) is 17.3 Å². The summed E-state index contributed by atoms with van der Waals surface area (Å²) in [6.45, 7) is 6.64. The van der Waals surface area contributed by atoms with Crippen molar-refractivity contribution in [2.75, 3.05) is 0 Å². The van der Waals surface area contributed by atoms with Gasteiger partial charge >= 0.3 is 0 Å². The molecule has 0 unspecified atom stereocenters. The second-order valence-electron chi connectivity index (χ2n) is 7.97. The summed E-state index contributed by atoms with van der Waals surface area (Å²) >= 11 is 0. The second kappa shape index (κ2) is 5.87. The quantitative estimate of drug-likeness (QED) is 0.809. The Morgan fingerprint density at radius 1 is 1.00 bits per heavy atom. The summed E-state index contributed by atoms with van der Waals surface area (Å²) in [5, 5.41) is 3.68. The molecule has 2 aromatic carbocycles. The van der Waals surface area contributed by atoms with Gasteiger partial charge in [-0.05, 0) is 35.3 Å². The van der Waals surface area contributed by atoms with E-state index in [-0.39, 0.29) is 11.5 Å². The van der Waals surface area contributed by atoms with Gasteiger partial charge in [0.25, 0.3) is 0 Å². The molecule has 1 N–H and O–H groups in total. The molecule has 2 aliphatic carbocycles. The van der Waals surface area contributed by atoms with Gasteiger partial charge in [-0.2, -0.15) is 0 Å². The Hall–Kier alpha value is -2.35. The molecule has 0 bridgehead atoms. The van der Waals surface area contributed by atoms with Crippen LogP contribution in [0.4, 0.5) is 0 Å². The van der Waals surface area contributed by atoms with Crippen molar-refractivity contribution < 1.29 is 4.79 Å². The SMILES string of the molecule is CC(NC(c1ccccc1)c1ccccc1)=C1C(=O)C[C@@H]2[C@H]1C2(C)C. The monoisotopic (exact) mass is 331 g/mol. The van der Waals surface area contributed by atoms with Crippen molar-refractivity contribution in [1.82, 2.24) is 5.32 Å². The Balaban J connectivity index is 1.70. The van der Waals surface area contributed by atoms with E-state index >= 15 is 0 Å². The van der Waals surface area contributed by atoms with Gasteiger partial charge in [0.1, 0.15) is 0 Å². The third-order valence-electron chi connectivity index (χ3n) is 6.10. The fourth-order valence-electron chi connectivity index (χ4n) is 4.57. The van der Waals surface area contributed by atoms with Crippen molar-refractivity contribution in [2.45, 2.75) is 33.2 Å². The normalized spacial score (nSPS) is 25.7. The van der Waals surface area contributed by atoms with Crippen molar-refractivity contribution >= 4 is 5.78 Å². The number of carbonyl (C=O) groups excluding carboxylic acids is 1. The number of nitrogens with one attached hydrogen (secondary N) is 1. The van der Waals surface area contributed by atoms with Crippen LogP contribution in [0.2, 0.25) is 0 Å². The Kier molecular flexibility index (Phi) is 3.79. The molecular weight excluding hydrogens is 306 g/mol. The van der Waals surface area contributed by atoms with Crippen LogP contribution >= 0.6 is 0 Å². The summed E-state index contributed by atoms with van der Waals surface area (Å²) in [6.07, 6.45) is 0.716. The highest BCUT2D eigenvalue weighted by Gasteiger charge is 2.65. The van der Waals surface area contributed by atoms with Crippen LogP contribution in [-0.2, 0) is 4.79 Å². The molecule has 2 fully saturated rings. The summed E-state index contributed by atoms with van der Waals surface area (Å²) in [4.78, 5) is 12.5. The van der Waals surface area contributed by atoms with E-state index in [4.69, 9.17) is 0 Å². The fourth-order valence-corrected chi connectivity index (χ4v) is 4.57. The number of allylic oxidation sites excluding steroid dienone is 2. The van der Waals surface area contributed by atoms with E-state index in [1.165, 1.54) is 11.1 Å². The lowest BCUT2D eigenvalue weighted by Gasteiger charge is -2.23. The lowest BCUT2D eigenvalue weighted by molar-refractivity contribution is -0.115. The van der Waals surface area contributed by atoms with Crippen molar-refractivity contribution in [3.8, 4) is 0 Å². The Labute approximate surface area is 150 Å². The van der Waals surface area contributed by atoms with Gasteiger partial charge in [-0.25, -0.2) is 0 Å². The number of hydrogen-bond donors (Lipinski definition) is 1. The van der Waals surface area contributed by atoms with Crippen LogP contribution in [0.3, 0.4) is 0 Å². The molecule has 2 heteroatoms. The van der Waals surface area contributed by atoms with E-state index in [9.17, 15) is 4.79 Å². The first-order valence-electron chi connectivity index (χ1n) is 9.10. The first-order valence-corrected chi connectivity index (χ1v) is 9.10. The van der Waals surface area contributed by atoms with Gasteiger partial charge < -0.3 is 5.32 Å². The van der Waals surface area contributed by atoms with Crippen LogP contribution in [0.1, 0.15) is 44.4 Å². The molecule has 0 spiro atoms. The molecule has 0 aromatic heterocycles. The van der Waals surface area contributed by atoms with E-state index in [0.29, 0.717) is 24.0 Å². The van der Waals surface area contributed by atoms with Gasteiger partial charge in [0.15, 0.2) is 5.78 Å². The minimum atomic E-state index is 0.0589. The van der Waals surface area contributed by atoms with Gasteiger partial charge in [0.2, 0.25) is 0 Å². The maximum absolute atomic E-state index is 12.5. The van der Waals surface area contributed by atoms with Crippen molar-refractivity contribution in [3.63, 3.8) is 0 Å². The largest absolute Gasteiger partial charge is 0.377 e. The third-order valence-corrected chi connectivity index (χ3v) is 6.10. The molecular formula is C23H25NO. The summed E-state index contributed by atoms with van der Waals surface area (Å²) in [6, 6.07) is 21.0. The third kappa shape index (κ3) is 2.70. The molecule has 2 atom stereocenters. The zero-order valence-corrected chi connectivity index (χ0v) is 15.1.